The SMILES string of the molecule is CNc1nc(N2CCSC(C)C2C)c2ccccc2n1. The number of anilines is 2. The molecule has 1 saturated heterocycles. The minimum absolute atomic E-state index is 0.483. The van der Waals surface area contributed by atoms with Crippen LogP contribution in [0.5, 0.6) is 0 Å². The maximum absolute atomic E-state index is 4.72. The highest BCUT2D eigenvalue weighted by molar-refractivity contribution is 8.00. The maximum atomic E-state index is 4.72. The Morgan fingerprint density at radius 2 is 2.05 bits per heavy atom. The predicted octanol–water partition coefficient (Wildman–Crippen LogP) is 3.00. The third-order valence-corrected chi connectivity index (χ3v) is 5.30. The molecule has 0 amide bonds. The van der Waals surface area contributed by atoms with Crippen molar-refractivity contribution in [2.45, 2.75) is 25.1 Å². The van der Waals surface area contributed by atoms with Gasteiger partial charge in [-0.2, -0.15) is 16.7 Å². The molecule has 1 fully saturated rings. The van der Waals surface area contributed by atoms with Crippen LogP contribution in [0.25, 0.3) is 10.9 Å². The summed E-state index contributed by atoms with van der Waals surface area (Å²) in [5.74, 6) is 2.90. The molecule has 0 spiro atoms. The van der Waals surface area contributed by atoms with E-state index in [1.165, 1.54) is 0 Å². The molecule has 4 nitrogen and oxygen atoms in total. The van der Waals surface area contributed by atoms with E-state index in [0.29, 0.717) is 17.2 Å². The molecule has 2 unspecified atom stereocenters. The van der Waals surface area contributed by atoms with Gasteiger partial charge in [0, 0.05) is 36.0 Å². The number of hydrogen-bond donors (Lipinski definition) is 1. The van der Waals surface area contributed by atoms with E-state index in [1.807, 2.05) is 30.9 Å². The summed E-state index contributed by atoms with van der Waals surface area (Å²) in [6.45, 7) is 5.62. The molecule has 20 heavy (non-hydrogen) atoms. The Morgan fingerprint density at radius 3 is 2.85 bits per heavy atom. The Bertz CT molecular complexity index is 616. The average molecular weight is 288 g/mol. The van der Waals surface area contributed by atoms with E-state index in [0.717, 1.165) is 29.0 Å². The van der Waals surface area contributed by atoms with E-state index >= 15 is 0 Å². The van der Waals surface area contributed by atoms with Crippen LogP contribution in [-0.2, 0) is 0 Å². The molecule has 2 heterocycles. The summed E-state index contributed by atoms with van der Waals surface area (Å²) in [5, 5.41) is 4.83. The van der Waals surface area contributed by atoms with E-state index in [1.54, 1.807) is 0 Å². The van der Waals surface area contributed by atoms with Crippen molar-refractivity contribution < 1.29 is 0 Å². The van der Waals surface area contributed by atoms with E-state index in [-0.39, 0.29) is 0 Å². The lowest BCUT2D eigenvalue weighted by Crippen LogP contribution is -2.45. The number of hydrogen-bond acceptors (Lipinski definition) is 5. The molecular formula is C15H20N4S. The Labute approximate surface area is 124 Å². The lowest BCUT2D eigenvalue weighted by molar-refractivity contribution is 0.622. The summed E-state index contributed by atoms with van der Waals surface area (Å²) in [4.78, 5) is 11.7. The molecule has 1 N–H and O–H groups in total. The zero-order valence-electron chi connectivity index (χ0n) is 12.1. The van der Waals surface area contributed by atoms with Crippen LogP contribution in [0.4, 0.5) is 11.8 Å². The fourth-order valence-electron chi connectivity index (χ4n) is 2.62. The van der Waals surface area contributed by atoms with Crippen LogP contribution in [-0.4, -0.2) is 40.6 Å². The molecule has 0 saturated carbocycles. The van der Waals surface area contributed by atoms with Crippen LogP contribution in [0.2, 0.25) is 0 Å². The van der Waals surface area contributed by atoms with Crippen molar-refractivity contribution in [3.05, 3.63) is 24.3 Å². The molecule has 2 atom stereocenters. The molecule has 1 aliphatic rings. The molecule has 1 aromatic heterocycles. The molecule has 2 aromatic rings. The lowest BCUT2D eigenvalue weighted by Gasteiger charge is -2.38. The van der Waals surface area contributed by atoms with Gasteiger partial charge in [0.2, 0.25) is 5.95 Å². The maximum Gasteiger partial charge on any atom is 0.224 e. The van der Waals surface area contributed by atoms with E-state index in [4.69, 9.17) is 4.98 Å². The predicted molar refractivity (Wildman–Crippen MR) is 87.8 cm³/mol. The summed E-state index contributed by atoms with van der Waals surface area (Å²) >= 11 is 2.04. The number of nitrogens with zero attached hydrogens (tertiary/aromatic N) is 3. The Kier molecular flexibility index (Phi) is 3.70. The smallest absolute Gasteiger partial charge is 0.224 e. The van der Waals surface area contributed by atoms with Gasteiger partial charge in [0.1, 0.15) is 5.82 Å². The van der Waals surface area contributed by atoms with Gasteiger partial charge in [0.05, 0.1) is 5.52 Å². The summed E-state index contributed by atoms with van der Waals surface area (Å²) < 4.78 is 0. The largest absolute Gasteiger partial charge is 0.357 e. The first-order chi connectivity index (χ1) is 9.70. The second-order valence-electron chi connectivity index (χ2n) is 5.15. The standard InChI is InChI=1S/C15H20N4S/c1-10-11(2)20-9-8-19(10)14-12-6-4-5-7-13(12)17-15(16-3)18-14/h4-7,10-11H,8-9H2,1-3H3,(H,16,17,18). The number of aromatic nitrogens is 2. The molecule has 1 aromatic carbocycles. The van der Waals surface area contributed by atoms with Crippen molar-refractivity contribution in [2.24, 2.45) is 0 Å². The molecule has 0 aliphatic carbocycles. The Hall–Kier alpha value is -1.49. The fourth-order valence-corrected chi connectivity index (χ4v) is 3.72. The topological polar surface area (TPSA) is 41.1 Å². The summed E-state index contributed by atoms with van der Waals surface area (Å²) in [6, 6.07) is 8.73. The summed E-state index contributed by atoms with van der Waals surface area (Å²) in [6.07, 6.45) is 0. The Morgan fingerprint density at radius 1 is 1.25 bits per heavy atom. The zero-order chi connectivity index (χ0) is 14.1. The second kappa shape index (κ2) is 5.48. The number of para-hydroxylation sites is 1. The highest BCUT2D eigenvalue weighted by atomic mass is 32.2. The molecule has 0 radical (unpaired) electrons. The molecular weight excluding hydrogens is 268 g/mol. The monoisotopic (exact) mass is 288 g/mol. The zero-order valence-corrected chi connectivity index (χ0v) is 12.9. The average Bonchev–Trinajstić information content (AvgIpc) is 2.49. The fraction of sp³-hybridized carbons (Fsp3) is 0.467. The van der Waals surface area contributed by atoms with Crippen LogP contribution in [0, 0.1) is 0 Å². The van der Waals surface area contributed by atoms with Gasteiger partial charge in [-0.15, -0.1) is 0 Å². The first-order valence-electron chi connectivity index (χ1n) is 7.03. The van der Waals surface area contributed by atoms with Crippen molar-refractivity contribution in [2.75, 3.05) is 29.6 Å². The minimum Gasteiger partial charge on any atom is -0.357 e. The van der Waals surface area contributed by atoms with Crippen molar-refractivity contribution in [1.82, 2.24) is 9.97 Å². The summed E-state index contributed by atoms with van der Waals surface area (Å²) in [5.41, 5.74) is 1.000. The first kappa shape index (κ1) is 13.5. The van der Waals surface area contributed by atoms with Gasteiger partial charge < -0.3 is 10.2 Å². The van der Waals surface area contributed by atoms with Crippen LogP contribution in [0.1, 0.15) is 13.8 Å². The van der Waals surface area contributed by atoms with Crippen LogP contribution in [0.15, 0.2) is 24.3 Å². The van der Waals surface area contributed by atoms with Gasteiger partial charge in [0.15, 0.2) is 0 Å². The van der Waals surface area contributed by atoms with Crippen LogP contribution < -0.4 is 10.2 Å². The summed E-state index contributed by atoms with van der Waals surface area (Å²) in [7, 11) is 1.87. The highest BCUT2D eigenvalue weighted by Crippen LogP contribution is 2.32. The van der Waals surface area contributed by atoms with Crippen molar-refractivity contribution in [3.8, 4) is 0 Å². The van der Waals surface area contributed by atoms with E-state index in [2.05, 4.69) is 41.2 Å². The number of thioether (sulfide) groups is 1. The van der Waals surface area contributed by atoms with Gasteiger partial charge in [-0.05, 0) is 19.1 Å². The van der Waals surface area contributed by atoms with E-state index in [9.17, 15) is 0 Å². The molecule has 1 aliphatic heterocycles. The second-order valence-corrected chi connectivity index (χ2v) is 6.63. The number of rotatable bonds is 2. The molecule has 5 heteroatoms. The third-order valence-electron chi connectivity index (χ3n) is 3.96. The van der Waals surface area contributed by atoms with Crippen LogP contribution >= 0.6 is 11.8 Å². The quantitative estimate of drug-likeness (QED) is 0.920. The first-order valence-corrected chi connectivity index (χ1v) is 8.08. The van der Waals surface area contributed by atoms with Crippen LogP contribution in [0.3, 0.4) is 0 Å². The number of nitrogens with one attached hydrogen (secondary N) is 1. The lowest BCUT2D eigenvalue weighted by atomic mass is 10.1. The Balaban J connectivity index is 2.13. The highest BCUT2D eigenvalue weighted by Gasteiger charge is 2.27. The van der Waals surface area contributed by atoms with Gasteiger partial charge in [-0.1, -0.05) is 19.1 Å². The molecule has 106 valence electrons. The normalized spacial score (nSPS) is 23.1. The van der Waals surface area contributed by atoms with Gasteiger partial charge in [-0.3, -0.25) is 0 Å². The number of fused-ring (bicyclic) bond motifs is 1. The molecule has 3 rings (SSSR count). The van der Waals surface area contributed by atoms with Crippen molar-refractivity contribution in [1.29, 1.82) is 0 Å². The third kappa shape index (κ3) is 2.30. The van der Waals surface area contributed by atoms with Gasteiger partial charge >= 0.3 is 0 Å². The van der Waals surface area contributed by atoms with Gasteiger partial charge in [0.25, 0.3) is 0 Å². The minimum atomic E-state index is 0.483. The number of benzene rings is 1. The van der Waals surface area contributed by atoms with Crippen molar-refractivity contribution >= 4 is 34.4 Å². The van der Waals surface area contributed by atoms with E-state index < -0.39 is 0 Å². The van der Waals surface area contributed by atoms with Crippen molar-refractivity contribution in [3.63, 3.8) is 0 Å². The van der Waals surface area contributed by atoms with Gasteiger partial charge in [-0.25, -0.2) is 4.98 Å². The molecule has 0 bridgehead atoms.